The van der Waals surface area contributed by atoms with E-state index in [4.69, 9.17) is 9.52 Å². The Labute approximate surface area is 188 Å². The monoisotopic (exact) mass is 515 g/mol. The van der Waals surface area contributed by atoms with E-state index in [0.29, 0.717) is 19.6 Å². The van der Waals surface area contributed by atoms with E-state index in [0.717, 1.165) is 49.0 Å². The number of aliphatic imine (C=N–C) groups is 1. The topological polar surface area (TPSA) is 91.8 Å². The van der Waals surface area contributed by atoms with Crippen LogP contribution in [0.5, 0.6) is 0 Å². The van der Waals surface area contributed by atoms with Crippen molar-refractivity contribution in [2.24, 2.45) is 12.0 Å². The van der Waals surface area contributed by atoms with E-state index >= 15 is 0 Å². The molecule has 0 radical (unpaired) electrons. The van der Waals surface area contributed by atoms with Gasteiger partial charge in [-0.3, -0.25) is 14.5 Å². The van der Waals surface area contributed by atoms with Crippen LogP contribution in [0.3, 0.4) is 0 Å². The van der Waals surface area contributed by atoms with Crippen LogP contribution in [0.25, 0.3) is 0 Å². The van der Waals surface area contributed by atoms with Gasteiger partial charge in [0.25, 0.3) is 0 Å². The SMILES string of the molecule is CCNC(=NCCCc1c(C)noc1C)N1CCN(c2cnn(C)c2)C(=O)C1.I. The summed E-state index contributed by atoms with van der Waals surface area (Å²) in [7, 11) is 1.85. The molecule has 0 spiro atoms. The zero-order valence-electron chi connectivity index (χ0n) is 17.5. The van der Waals surface area contributed by atoms with E-state index in [-0.39, 0.29) is 29.9 Å². The molecule has 2 aromatic rings. The Morgan fingerprint density at radius 3 is 2.72 bits per heavy atom. The lowest BCUT2D eigenvalue weighted by molar-refractivity contribution is -0.120. The molecule has 0 aliphatic carbocycles. The van der Waals surface area contributed by atoms with Gasteiger partial charge in [0, 0.05) is 45.0 Å². The first-order chi connectivity index (χ1) is 13.5. The van der Waals surface area contributed by atoms with E-state index in [1.54, 1.807) is 15.8 Å². The second kappa shape index (κ2) is 10.6. The second-order valence-corrected chi connectivity index (χ2v) is 6.98. The van der Waals surface area contributed by atoms with Gasteiger partial charge in [-0.1, -0.05) is 5.16 Å². The summed E-state index contributed by atoms with van der Waals surface area (Å²) >= 11 is 0. The van der Waals surface area contributed by atoms with Crippen molar-refractivity contribution < 1.29 is 9.32 Å². The third-order valence-electron chi connectivity index (χ3n) is 4.89. The van der Waals surface area contributed by atoms with Gasteiger partial charge in [0.15, 0.2) is 5.96 Å². The highest BCUT2D eigenvalue weighted by Crippen LogP contribution is 2.16. The number of piperazine rings is 1. The number of carbonyl (C=O) groups excluding carboxylic acids is 1. The van der Waals surface area contributed by atoms with Crippen LogP contribution < -0.4 is 10.2 Å². The smallest absolute Gasteiger partial charge is 0.246 e. The summed E-state index contributed by atoms with van der Waals surface area (Å²) in [4.78, 5) is 21.2. The van der Waals surface area contributed by atoms with Gasteiger partial charge in [-0.15, -0.1) is 24.0 Å². The van der Waals surface area contributed by atoms with Crippen molar-refractivity contribution >= 4 is 41.5 Å². The lowest BCUT2D eigenvalue weighted by Crippen LogP contribution is -2.55. The molecule has 0 bridgehead atoms. The lowest BCUT2D eigenvalue weighted by atomic mass is 10.1. The average Bonchev–Trinajstić information content (AvgIpc) is 3.23. The van der Waals surface area contributed by atoms with Gasteiger partial charge in [0.1, 0.15) is 12.3 Å². The Morgan fingerprint density at radius 2 is 2.14 bits per heavy atom. The minimum absolute atomic E-state index is 0. The fourth-order valence-electron chi connectivity index (χ4n) is 3.40. The number of nitrogens with one attached hydrogen (secondary N) is 1. The molecule has 1 amide bonds. The number of halogens is 1. The van der Waals surface area contributed by atoms with Crippen molar-refractivity contribution in [3.63, 3.8) is 0 Å². The molecule has 3 heterocycles. The van der Waals surface area contributed by atoms with E-state index in [1.165, 1.54) is 5.56 Å². The molecular formula is C19H30IN7O2. The first kappa shape index (κ1) is 23.2. The molecule has 1 N–H and O–H groups in total. The Kier molecular flexibility index (Phi) is 8.47. The summed E-state index contributed by atoms with van der Waals surface area (Å²) in [6.45, 7) is 9.05. The minimum atomic E-state index is 0. The Balaban J connectivity index is 0.00000300. The number of guanidine groups is 1. The Morgan fingerprint density at radius 1 is 1.34 bits per heavy atom. The van der Waals surface area contributed by atoms with Crippen LogP contribution in [0.2, 0.25) is 0 Å². The van der Waals surface area contributed by atoms with Crippen LogP contribution in [0.4, 0.5) is 5.69 Å². The molecule has 2 aromatic heterocycles. The molecule has 0 unspecified atom stereocenters. The number of anilines is 1. The van der Waals surface area contributed by atoms with Crippen molar-refractivity contribution in [3.8, 4) is 0 Å². The molecule has 1 aliphatic heterocycles. The normalized spacial score (nSPS) is 14.9. The molecule has 3 rings (SSSR count). The third kappa shape index (κ3) is 5.71. The highest BCUT2D eigenvalue weighted by atomic mass is 127. The van der Waals surface area contributed by atoms with Crippen LogP contribution >= 0.6 is 24.0 Å². The molecule has 160 valence electrons. The van der Waals surface area contributed by atoms with Gasteiger partial charge in [-0.05, 0) is 33.6 Å². The number of rotatable bonds is 6. The largest absolute Gasteiger partial charge is 0.361 e. The van der Waals surface area contributed by atoms with E-state index in [1.807, 2.05) is 38.9 Å². The molecule has 10 heteroatoms. The number of carbonyl (C=O) groups is 1. The number of nitrogens with zero attached hydrogens (tertiary/aromatic N) is 6. The van der Waals surface area contributed by atoms with Gasteiger partial charge >= 0.3 is 0 Å². The molecule has 29 heavy (non-hydrogen) atoms. The van der Waals surface area contributed by atoms with Crippen molar-refractivity contribution in [1.29, 1.82) is 0 Å². The first-order valence-electron chi connectivity index (χ1n) is 9.73. The van der Waals surface area contributed by atoms with Crippen molar-refractivity contribution in [2.75, 3.05) is 37.6 Å². The van der Waals surface area contributed by atoms with Crippen LogP contribution in [0.1, 0.15) is 30.4 Å². The average molecular weight is 515 g/mol. The molecule has 1 fully saturated rings. The second-order valence-electron chi connectivity index (χ2n) is 6.98. The standard InChI is InChI=1S/C19H29N7O2.HI/c1-5-20-19(21-8-6-7-17-14(2)23-28-15(17)3)25-9-10-26(18(27)13-25)16-11-22-24(4)12-16;/h11-12H,5-10,13H2,1-4H3,(H,20,21);1H. The number of aromatic nitrogens is 3. The summed E-state index contributed by atoms with van der Waals surface area (Å²) in [5, 5.41) is 11.5. The first-order valence-corrected chi connectivity index (χ1v) is 9.73. The predicted octanol–water partition coefficient (Wildman–Crippen LogP) is 1.89. The van der Waals surface area contributed by atoms with Crippen molar-refractivity contribution in [2.45, 2.75) is 33.6 Å². The minimum Gasteiger partial charge on any atom is -0.361 e. The zero-order chi connectivity index (χ0) is 20.1. The maximum absolute atomic E-state index is 12.6. The quantitative estimate of drug-likeness (QED) is 0.274. The summed E-state index contributed by atoms with van der Waals surface area (Å²) < 4.78 is 6.92. The number of hydrogen-bond acceptors (Lipinski definition) is 5. The van der Waals surface area contributed by atoms with E-state index in [9.17, 15) is 4.79 Å². The predicted molar refractivity (Wildman–Crippen MR) is 123 cm³/mol. The van der Waals surface area contributed by atoms with E-state index < -0.39 is 0 Å². The third-order valence-corrected chi connectivity index (χ3v) is 4.89. The van der Waals surface area contributed by atoms with Crippen LogP contribution in [-0.2, 0) is 18.3 Å². The molecule has 1 saturated heterocycles. The van der Waals surface area contributed by atoms with Crippen molar-refractivity contribution in [1.82, 2.24) is 25.2 Å². The van der Waals surface area contributed by atoms with Gasteiger partial charge in [-0.2, -0.15) is 5.10 Å². The van der Waals surface area contributed by atoms with Gasteiger partial charge in [-0.25, -0.2) is 0 Å². The highest BCUT2D eigenvalue weighted by Gasteiger charge is 2.27. The summed E-state index contributed by atoms with van der Waals surface area (Å²) in [6.07, 6.45) is 5.38. The fraction of sp³-hybridized carbons (Fsp3) is 0.579. The Hall–Kier alpha value is -2.11. The maximum atomic E-state index is 12.6. The molecule has 0 saturated carbocycles. The van der Waals surface area contributed by atoms with Gasteiger partial charge < -0.3 is 19.6 Å². The zero-order valence-corrected chi connectivity index (χ0v) is 19.8. The molecule has 0 atom stereocenters. The van der Waals surface area contributed by atoms with Gasteiger partial charge in [0.05, 0.1) is 17.6 Å². The summed E-state index contributed by atoms with van der Waals surface area (Å²) in [5.74, 6) is 1.73. The van der Waals surface area contributed by atoms with Gasteiger partial charge in [0.2, 0.25) is 5.91 Å². The lowest BCUT2D eigenvalue weighted by Gasteiger charge is -2.35. The summed E-state index contributed by atoms with van der Waals surface area (Å²) in [5.41, 5.74) is 2.96. The summed E-state index contributed by atoms with van der Waals surface area (Å²) in [6, 6.07) is 0. The van der Waals surface area contributed by atoms with Crippen LogP contribution in [-0.4, -0.2) is 64.4 Å². The number of hydrogen-bond donors (Lipinski definition) is 1. The number of amides is 1. The highest BCUT2D eigenvalue weighted by molar-refractivity contribution is 14.0. The Bertz CT molecular complexity index is 826. The van der Waals surface area contributed by atoms with E-state index in [2.05, 4.69) is 15.6 Å². The number of aryl methyl sites for hydroxylation is 3. The van der Waals surface area contributed by atoms with Crippen LogP contribution in [0.15, 0.2) is 21.9 Å². The molecule has 1 aliphatic rings. The molecule has 9 nitrogen and oxygen atoms in total. The molecular weight excluding hydrogens is 485 g/mol. The maximum Gasteiger partial charge on any atom is 0.246 e. The van der Waals surface area contributed by atoms with Crippen LogP contribution in [0, 0.1) is 13.8 Å². The fourth-order valence-corrected chi connectivity index (χ4v) is 3.40. The molecule has 0 aromatic carbocycles. The van der Waals surface area contributed by atoms with Crippen molar-refractivity contribution in [3.05, 3.63) is 29.4 Å².